The Bertz CT molecular complexity index is 931. The number of halogens is 3. The van der Waals surface area contributed by atoms with Crippen LogP contribution in [0.3, 0.4) is 0 Å². The van der Waals surface area contributed by atoms with Gasteiger partial charge in [0.25, 0.3) is 0 Å². The van der Waals surface area contributed by atoms with Crippen molar-refractivity contribution in [3.63, 3.8) is 0 Å². The van der Waals surface area contributed by atoms with Crippen LogP contribution in [0, 0.1) is 17.4 Å². The van der Waals surface area contributed by atoms with Gasteiger partial charge in [0.1, 0.15) is 8.07 Å². The summed E-state index contributed by atoms with van der Waals surface area (Å²) in [6.45, 7) is 9.86. The molecule has 0 spiro atoms. The van der Waals surface area contributed by atoms with Crippen LogP contribution in [-0.2, 0) is 11.0 Å². The van der Waals surface area contributed by atoms with Crippen molar-refractivity contribution in [3.05, 3.63) is 53.6 Å². The fourth-order valence-corrected chi connectivity index (χ4v) is 2.89. The smallest absolute Gasteiger partial charge is 0.325 e. The van der Waals surface area contributed by atoms with Gasteiger partial charge in [0.15, 0.2) is 0 Å². The van der Waals surface area contributed by atoms with Crippen LogP contribution < -0.4 is 5.32 Å². The lowest BCUT2D eigenvalue weighted by molar-refractivity contribution is -0.137. The Balaban J connectivity index is 2.59. The first-order valence-electron chi connectivity index (χ1n) is 9.02. The van der Waals surface area contributed by atoms with Crippen LogP contribution in [0.1, 0.15) is 25.0 Å². The van der Waals surface area contributed by atoms with Crippen molar-refractivity contribution in [3.8, 4) is 22.6 Å². The molecule has 0 saturated heterocycles. The number of nitrogens with one attached hydrogen (secondary N) is 1. The Morgan fingerprint density at radius 1 is 1.07 bits per heavy atom. The molecule has 148 valence electrons. The number of amides is 1. The van der Waals surface area contributed by atoms with Gasteiger partial charge in [0.05, 0.1) is 5.56 Å². The van der Waals surface area contributed by atoms with Gasteiger partial charge >= 0.3 is 6.18 Å². The Labute approximate surface area is 165 Å². The van der Waals surface area contributed by atoms with Crippen molar-refractivity contribution in [1.82, 2.24) is 0 Å². The van der Waals surface area contributed by atoms with Crippen LogP contribution >= 0.6 is 0 Å². The number of carbonyl (C=O) groups is 1. The second-order valence-corrected chi connectivity index (χ2v) is 12.7. The summed E-state index contributed by atoms with van der Waals surface area (Å²) in [7, 11) is -1.60. The molecule has 0 saturated carbocycles. The topological polar surface area (TPSA) is 29.1 Å². The van der Waals surface area contributed by atoms with Crippen LogP contribution in [0.25, 0.3) is 11.1 Å². The van der Waals surface area contributed by atoms with Crippen LogP contribution in [0.5, 0.6) is 0 Å². The molecule has 0 aromatic heterocycles. The van der Waals surface area contributed by atoms with E-state index in [0.717, 1.165) is 12.1 Å². The Morgan fingerprint density at radius 2 is 1.75 bits per heavy atom. The Morgan fingerprint density at radius 3 is 2.32 bits per heavy atom. The third-order valence-electron chi connectivity index (χ3n) is 3.88. The van der Waals surface area contributed by atoms with Crippen molar-refractivity contribution in [2.75, 3.05) is 5.32 Å². The highest BCUT2D eigenvalue weighted by molar-refractivity contribution is 6.83. The van der Waals surface area contributed by atoms with Gasteiger partial charge in [-0.3, -0.25) is 4.79 Å². The number of carbonyl (C=O) groups excluding carboxylic acids is 1. The average Bonchev–Trinajstić information content (AvgIpc) is 2.59. The molecule has 0 fully saturated rings. The average molecular weight is 404 g/mol. The predicted molar refractivity (Wildman–Crippen MR) is 111 cm³/mol. The minimum atomic E-state index is -4.44. The summed E-state index contributed by atoms with van der Waals surface area (Å²) in [5.41, 5.74) is 4.59. The van der Waals surface area contributed by atoms with E-state index in [1.54, 1.807) is 38.1 Å². The van der Waals surface area contributed by atoms with Crippen LogP contribution in [0.2, 0.25) is 19.6 Å². The zero-order valence-electron chi connectivity index (χ0n) is 16.7. The van der Waals surface area contributed by atoms with Gasteiger partial charge in [-0.1, -0.05) is 51.5 Å². The first-order chi connectivity index (χ1) is 12.9. The second-order valence-electron chi connectivity index (χ2n) is 7.98. The first kappa shape index (κ1) is 21.8. The van der Waals surface area contributed by atoms with Gasteiger partial charge in [-0.05, 0) is 35.9 Å². The molecular formula is C22H24F3NOSi. The van der Waals surface area contributed by atoms with Gasteiger partial charge in [-0.2, -0.15) is 13.2 Å². The molecule has 0 heterocycles. The molecule has 0 unspecified atom stereocenters. The Hall–Kier alpha value is -2.52. The number of alkyl halides is 3. The normalized spacial score (nSPS) is 11.8. The Kier molecular flexibility index (Phi) is 6.40. The van der Waals surface area contributed by atoms with E-state index >= 15 is 0 Å². The second kappa shape index (κ2) is 8.23. The number of hydrogen-bond donors (Lipinski definition) is 1. The minimum absolute atomic E-state index is 0.200. The van der Waals surface area contributed by atoms with Gasteiger partial charge in [0.2, 0.25) is 5.91 Å². The lowest BCUT2D eigenvalue weighted by atomic mass is 9.98. The van der Waals surface area contributed by atoms with E-state index in [2.05, 4.69) is 36.4 Å². The summed E-state index contributed by atoms with van der Waals surface area (Å²) in [6.07, 6.45) is -4.44. The van der Waals surface area contributed by atoms with E-state index in [1.807, 2.05) is 0 Å². The maximum absolute atomic E-state index is 13.1. The van der Waals surface area contributed by atoms with Crippen molar-refractivity contribution in [1.29, 1.82) is 0 Å². The molecule has 1 amide bonds. The quantitative estimate of drug-likeness (QED) is 0.480. The van der Waals surface area contributed by atoms with Crippen LogP contribution in [0.15, 0.2) is 42.5 Å². The third-order valence-corrected chi connectivity index (χ3v) is 4.76. The molecule has 6 heteroatoms. The molecule has 0 aliphatic carbocycles. The summed E-state index contributed by atoms with van der Waals surface area (Å²) >= 11 is 0. The summed E-state index contributed by atoms with van der Waals surface area (Å²) in [6, 6.07) is 10.3. The fraction of sp³-hybridized carbons (Fsp3) is 0.318. The van der Waals surface area contributed by atoms with Crippen LogP contribution in [-0.4, -0.2) is 14.0 Å². The van der Waals surface area contributed by atoms with Crippen molar-refractivity contribution >= 4 is 19.7 Å². The van der Waals surface area contributed by atoms with E-state index in [4.69, 9.17) is 0 Å². The number of anilines is 1. The molecule has 0 radical (unpaired) electrons. The molecule has 2 aromatic rings. The number of rotatable bonds is 3. The molecule has 0 aliphatic rings. The largest absolute Gasteiger partial charge is 0.416 e. The number of benzene rings is 2. The van der Waals surface area contributed by atoms with Gasteiger partial charge in [0, 0.05) is 22.7 Å². The maximum Gasteiger partial charge on any atom is 0.416 e. The summed E-state index contributed by atoms with van der Waals surface area (Å²) in [5, 5.41) is 2.81. The van der Waals surface area contributed by atoms with Gasteiger partial charge in [-0.15, -0.1) is 5.54 Å². The molecule has 1 N–H and O–H groups in total. The predicted octanol–water partition coefficient (Wildman–Crippen LogP) is 6.20. The summed E-state index contributed by atoms with van der Waals surface area (Å²) in [4.78, 5) is 12.2. The third kappa shape index (κ3) is 6.00. The van der Waals surface area contributed by atoms with E-state index in [1.165, 1.54) is 6.07 Å². The zero-order chi connectivity index (χ0) is 21.1. The lowest BCUT2D eigenvalue weighted by Gasteiger charge is -2.15. The molecule has 2 aromatic carbocycles. The van der Waals surface area contributed by atoms with Gasteiger partial charge in [-0.25, -0.2) is 0 Å². The molecule has 0 atom stereocenters. The zero-order valence-corrected chi connectivity index (χ0v) is 17.7. The van der Waals surface area contributed by atoms with Crippen molar-refractivity contribution < 1.29 is 18.0 Å². The first-order valence-corrected chi connectivity index (χ1v) is 12.5. The molecule has 2 nitrogen and oxygen atoms in total. The van der Waals surface area contributed by atoms with E-state index in [9.17, 15) is 18.0 Å². The standard InChI is InChI=1S/C22H24F3NOSi/c1-15(2)21(27)26-20-10-9-16(11-12-28(3,4)5)13-19(20)17-7-6-8-18(14-17)22(23,24)25/h6-10,13-15H,1-5H3,(H,26,27). The molecular weight excluding hydrogens is 379 g/mol. The molecule has 0 bridgehead atoms. The highest BCUT2D eigenvalue weighted by Gasteiger charge is 2.30. The van der Waals surface area contributed by atoms with E-state index in [-0.39, 0.29) is 11.8 Å². The lowest BCUT2D eigenvalue weighted by Crippen LogP contribution is -2.18. The van der Waals surface area contributed by atoms with Crippen molar-refractivity contribution in [2.24, 2.45) is 5.92 Å². The monoisotopic (exact) mass is 403 g/mol. The molecule has 2 rings (SSSR count). The van der Waals surface area contributed by atoms with Crippen molar-refractivity contribution in [2.45, 2.75) is 39.7 Å². The maximum atomic E-state index is 13.1. The fourth-order valence-electron chi connectivity index (χ4n) is 2.37. The van der Waals surface area contributed by atoms with Gasteiger partial charge < -0.3 is 5.32 Å². The molecule has 0 aliphatic heterocycles. The summed E-state index contributed by atoms with van der Waals surface area (Å²) in [5.74, 6) is 2.67. The van der Waals surface area contributed by atoms with Crippen LogP contribution in [0.4, 0.5) is 18.9 Å². The SMILES string of the molecule is CC(C)C(=O)Nc1ccc(C#C[Si](C)(C)C)cc1-c1cccc(C(F)(F)F)c1. The summed E-state index contributed by atoms with van der Waals surface area (Å²) < 4.78 is 39.4. The minimum Gasteiger partial charge on any atom is -0.325 e. The van der Waals surface area contributed by atoms with E-state index < -0.39 is 19.8 Å². The highest BCUT2D eigenvalue weighted by Crippen LogP contribution is 2.35. The number of hydrogen-bond acceptors (Lipinski definition) is 1. The molecule has 28 heavy (non-hydrogen) atoms. The highest BCUT2D eigenvalue weighted by atomic mass is 28.3. The van der Waals surface area contributed by atoms with E-state index in [0.29, 0.717) is 22.4 Å².